The number of hydrogen-bond donors (Lipinski definition) is 2. The predicted molar refractivity (Wildman–Crippen MR) is 95.3 cm³/mol. The first kappa shape index (κ1) is 17.6. The summed E-state index contributed by atoms with van der Waals surface area (Å²) >= 11 is 0. The Morgan fingerprint density at radius 3 is 2.70 bits per heavy atom. The van der Waals surface area contributed by atoms with Crippen molar-refractivity contribution in [1.82, 2.24) is 9.97 Å². The second-order valence-corrected chi connectivity index (χ2v) is 6.53. The summed E-state index contributed by atoms with van der Waals surface area (Å²) in [5.41, 5.74) is 7.85. The molecule has 7 nitrogen and oxygen atoms in total. The number of rotatable bonds is 3. The first-order chi connectivity index (χ1) is 13.0. The van der Waals surface area contributed by atoms with Crippen LogP contribution < -0.4 is 5.73 Å². The van der Waals surface area contributed by atoms with Gasteiger partial charge in [0.1, 0.15) is 17.3 Å². The van der Waals surface area contributed by atoms with Crippen LogP contribution >= 0.6 is 0 Å². The number of carboxylic acid groups (broad SMARTS) is 1. The zero-order valence-electron chi connectivity index (χ0n) is 14.4. The van der Waals surface area contributed by atoms with Gasteiger partial charge in [-0.2, -0.15) is 0 Å². The molecule has 0 atom stereocenters. The number of nitrogens with two attached hydrogens (primary N) is 1. The third-order valence-corrected chi connectivity index (χ3v) is 4.85. The Balaban J connectivity index is 1.65. The Bertz CT molecular complexity index is 939. The summed E-state index contributed by atoms with van der Waals surface area (Å²) in [5.74, 6) is -2.55. The van der Waals surface area contributed by atoms with Gasteiger partial charge in [-0.3, -0.25) is 0 Å². The smallest absolute Gasteiger partial charge is 0.338 e. The lowest BCUT2D eigenvalue weighted by Crippen LogP contribution is -2.31. The van der Waals surface area contributed by atoms with Crippen LogP contribution in [0.25, 0.3) is 16.8 Å². The second kappa shape index (κ2) is 6.71. The Morgan fingerprint density at radius 2 is 2.07 bits per heavy atom. The highest BCUT2D eigenvalue weighted by molar-refractivity contribution is 5.89. The minimum atomic E-state index is -1.33. The van der Waals surface area contributed by atoms with E-state index in [0.717, 1.165) is 18.1 Å². The van der Waals surface area contributed by atoms with E-state index in [0.29, 0.717) is 43.0 Å². The summed E-state index contributed by atoms with van der Waals surface area (Å²) in [4.78, 5) is 19.7. The van der Waals surface area contributed by atoms with Crippen molar-refractivity contribution in [3.05, 3.63) is 47.5 Å². The molecule has 1 aliphatic heterocycles. The van der Waals surface area contributed by atoms with Crippen LogP contribution in [0.5, 0.6) is 0 Å². The largest absolute Gasteiger partial charge is 0.478 e. The number of nitrogens with zero attached hydrogens (tertiary/aromatic N) is 2. The van der Waals surface area contributed by atoms with Crippen molar-refractivity contribution in [2.45, 2.75) is 25.0 Å². The fourth-order valence-corrected chi connectivity index (χ4v) is 3.40. The molecule has 0 amide bonds. The molecule has 4 rings (SSSR count). The maximum absolute atomic E-state index is 14.0. The van der Waals surface area contributed by atoms with E-state index >= 15 is 0 Å². The summed E-state index contributed by atoms with van der Waals surface area (Å²) in [7, 11) is 0. The van der Waals surface area contributed by atoms with Gasteiger partial charge in [-0.05, 0) is 24.1 Å². The van der Waals surface area contributed by atoms with E-state index in [-0.39, 0.29) is 5.82 Å². The van der Waals surface area contributed by atoms with Crippen molar-refractivity contribution in [3.63, 3.8) is 0 Å². The number of aromatic carboxylic acids is 1. The average Bonchev–Trinajstić information content (AvgIpc) is 3.10. The molecule has 140 valence electrons. The highest BCUT2D eigenvalue weighted by atomic mass is 19.1. The zero-order chi connectivity index (χ0) is 19.0. The molecule has 2 heterocycles. The molecule has 8 heteroatoms. The van der Waals surface area contributed by atoms with E-state index in [1.807, 2.05) is 6.08 Å². The quantitative estimate of drug-likeness (QED) is 0.854. The van der Waals surface area contributed by atoms with Crippen LogP contribution in [0.4, 0.5) is 10.2 Å². The number of hydrogen-bond acceptors (Lipinski definition) is 6. The van der Waals surface area contributed by atoms with Crippen LogP contribution in [0.3, 0.4) is 0 Å². The summed E-state index contributed by atoms with van der Waals surface area (Å²) in [5, 5.41) is 8.96. The number of aromatic nitrogens is 2. The Kier molecular flexibility index (Phi) is 4.37. The van der Waals surface area contributed by atoms with Crippen molar-refractivity contribution >= 4 is 17.4 Å². The SMILES string of the molecule is Nc1ncc(C2=CCC3(CC2)OCCO3)nc1-c1ccc(C(=O)O)c(F)c1. The van der Waals surface area contributed by atoms with Gasteiger partial charge in [-0.15, -0.1) is 0 Å². The monoisotopic (exact) mass is 371 g/mol. The lowest BCUT2D eigenvalue weighted by atomic mass is 9.92. The lowest BCUT2D eigenvalue weighted by molar-refractivity contribution is -0.159. The van der Waals surface area contributed by atoms with Gasteiger partial charge in [0.25, 0.3) is 0 Å². The first-order valence-corrected chi connectivity index (χ1v) is 8.60. The standard InChI is InChI=1S/C19H18FN3O4/c20-14-9-12(1-2-13(14)18(24)25)16-17(21)22-10-15(23-16)11-3-5-19(6-4-11)26-7-8-27-19/h1-3,9-10H,4-8H2,(H2,21,22)(H,24,25). The third kappa shape index (κ3) is 3.29. The van der Waals surface area contributed by atoms with Gasteiger partial charge < -0.3 is 20.3 Å². The van der Waals surface area contributed by atoms with E-state index in [2.05, 4.69) is 9.97 Å². The van der Waals surface area contributed by atoms with Crippen LogP contribution in [-0.2, 0) is 9.47 Å². The number of halogens is 1. The van der Waals surface area contributed by atoms with Crippen LogP contribution in [0, 0.1) is 5.82 Å². The van der Waals surface area contributed by atoms with Gasteiger partial charge in [0.05, 0.1) is 30.7 Å². The van der Waals surface area contributed by atoms with Crippen LogP contribution in [0.2, 0.25) is 0 Å². The first-order valence-electron chi connectivity index (χ1n) is 8.60. The molecule has 1 aliphatic carbocycles. The lowest BCUT2D eigenvalue weighted by Gasteiger charge is -2.30. The topological polar surface area (TPSA) is 108 Å². The fraction of sp³-hybridized carbons (Fsp3) is 0.316. The third-order valence-electron chi connectivity index (χ3n) is 4.85. The molecule has 0 unspecified atom stereocenters. The van der Waals surface area contributed by atoms with Crippen LogP contribution in [-0.4, -0.2) is 40.0 Å². The van der Waals surface area contributed by atoms with Crippen LogP contribution in [0.15, 0.2) is 30.5 Å². The molecule has 1 saturated heterocycles. The Morgan fingerprint density at radius 1 is 1.30 bits per heavy atom. The molecule has 1 spiro atoms. The molecule has 0 radical (unpaired) electrons. The molecular formula is C19H18FN3O4. The predicted octanol–water partition coefficient (Wildman–Crippen LogP) is 2.87. The molecule has 0 bridgehead atoms. The van der Waals surface area contributed by atoms with E-state index in [1.54, 1.807) is 6.20 Å². The molecule has 3 N–H and O–H groups in total. The normalized spacial score (nSPS) is 18.5. The van der Waals surface area contributed by atoms with Gasteiger partial charge >= 0.3 is 5.97 Å². The molecule has 27 heavy (non-hydrogen) atoms. The van der Waals surface area contributed by atoms with E-state index in [1.165, 1.54) is 12.1 Å². The maximum Gasteiger partial charge on any atom is 0.338 e. The van der Waals surface area contributed by atoms with Crippen molar-refractivity contribution in [2.75, 3.05) is 18.9 Å². The van der Waals surface area contributed by atoms with Gasteiger partial charge in [-0.1, -0.05) is 12.1 Å². The number of anilines is 1. The minimum absolute atomic E-state index is 0.150. The van der Waals surface area contributed by atoms with E-state index < -0.39 is 23.1 Å². The minimum Gasteiger partial charge on any atom is -0.478 e. The zero-order valence-corrected chi connectivity index (χ0v) is 14.4. The molecule has 2 aliphatic rings. The van der Waals surface area contributed by atoms with Crippen molar-refractivity contribution in [2.24, 2.45) is 0 Å². The molecule has 0 saturated carbocycles. The Hall–Kier alpha value is -2.84. The van der Waals surface area contributed by atoms with Gasteiger partial charge in [0, 0.05) is 18.4 Å². The molecular weight excluding hydrogens is 353 g/mol. The molecule has 1 aromatic carbocycles. The number of carbonyl (C=O) groups is 1. The summed E-state index contributed by atoms with van der Waals surface area (Å²) < 4.78 is 25.5. The second-order valence-electron chi connectivity index (χ2n) is 6.53. The number of allylic oxidation sites excluding steroid dienone is 1. The highest BCUT2D eigenvalue weighted by Crippen LogP contribution is 2.38. The number of carboxylic acids is 1. The number of benzene rings is 1. The van der Waals surface area contributed by atoms with Gasteiger partial charge in [-0.25, -0.2) is 19.2 Å². The Labute approximate surface area is 154 Å². The summed E-state index contributed by atoms with van der Waals surface area (Å²) in [6, 6.07) is 3.78. The van der Waals surface area contributed by atoms with Gasteiger partial charge in [0.2, 0.25) is 0 Å². The molecule has 1 aromatic heterocycles. The van der Waals surface area contributed by atoms with E-state index in [9.17, 15) is 9.18 Å². The van der Waals surface area contributed by atoms with E-state index in [4.69, 9.17) is 20.3 Å². The van der Waals surface area contributed by atoms with Crippen molar-refractivity contribution in [1.29, 1.82) is 0 Å². The number of ether oxygens (including phenoxy) is 2. The number of nitrogen functional groups attached to an aromatic ring is 1. The molecule has 1 fully saturated rings. The van der Waals surface area contributed by atoms with Crippen molar-refractivity contribution < 1.29 is 23.8 Å². The maximum atomic E-state index is 14.0. The summed E-state index contributed by atoms with van der Waals surface area (Å²) in [6.45, 7) is 1.21. The highest BCUT2D eigenvalue weighted by Gasteiger charge is 2.38. The summed E-state index contributed by atoms with van der Waals surface area (Å²) in [6.07, 6.45) is 5.67. The van der Waals surface area contributed by atoms with Crippen molar-refractivity contribution in [3.8, 4) is 11.3 Å². The van der Waals surface area contributed by atoms with Gasteiger partial charge in [0.15, 0.2) is 5.79 Å². The average molecular weight is 371 g/mol. The fourth-order valence-electron chi connectivity index (χ4n) is 3.40. The van der Waals surface area contributed by atoms with Crippen LogP contribution in [0.1, 0.15) is 35.3 Å². The molecule has 2 aromatic rings.